The maximum atomic E-state index is 13.1. The molecule has 3 aromatic rings. The van der Waals surface area contributed by atoms with Crippen molar-refractivity contribution in [1.29, 1.82) is 0 Å². The van der Waals surface area contributed by atoms with Gasteiger partial charge in [-0.05, 0) is 43.7 Å². The molecule has 8 heteroatoms. The van der Waals surface area contributed by atoms with Crippen LogP contribution in [0.2, 0.25) is 0 Å². The van der Waals surface area contributed by atoms with Crippen LogP contribution in [0.15, 0.2) is 76.2 Å². The summed E-state index contributed by atoms with van der Waals surface area (Å²) in [4.78, 5) is 15.0. The first-order valence-corrected chi connectivity index (χ1v) is 12.0. The lowest BCUT2D eigenvalue weighted by Crippen LogP contribution is -2.37. The van der Waals surface area contributed by atoms with Crippen molar-refractivity contribution < 1.29 is 22.4 Å². The Balaban J connectivity index is 1.42. The summed E-state index contributed by atoms with van der Waals surface area (Å²) in [7, 11) is -3.60. The van der Waals surface area contributed by atoms with Crippen LogP contribution in [-0.2, 0) is 16.6 Å². The van der Waals surface area contributed by atoms with Gasteiger partial charge in [-0.25, -0.2) is 8.42 Å². The third kappa shape index (κ3) is 4.87. The molecule has 1 saturated heterocycles. The van der Waals surface area contributed by atoms with E-state index in [-0.39, 0.29) is 29.7 Å². The van der Waals surface area contributed by atoms with Crippen LogP contribution in [0.3, 0.4) is 0 Å². The maximum absolute atomic E-state index is 13.1. The van der Waals surface area contributed by atoms with Gasteiger partial charge in [0.2, 0.25) is 10.0 Å². The zero-order valence-corrected chi connectivity index (χ0v) is 18.8. The summed E-state index contributed by atoms with van der Waals surface area (Å²) in [5.41, 5.74) is 1.66. The molecule has 2 heterocycles. The predicted molar refractivity (Wildman–Crippen MR) is 120 cm³/mol. The van der Waals surface area contributed by atoms with Gasteiger partial charge in [0.15, 0.2) is 5.76 Å². The Morgan fingerprint density at radius 1 is 0.969 bits per heavy atom. The van der Waals surface area contributed by atoms with Gasteiger partial charge in [0.1, 0.15) is 12.4 Å². The SMILES string of the molecule is Cc1ccc(S(=O)(=O)N2CCCN(C(=O)c3occc3COc3ccccc3)CC2)cc1. The first-order chi connectivity index (χ1) is 15.4. The Hall–Kier alpha value is -3.10. The summed E-state index contributed by atoms with van der Waals surface area (Å²) >= 11 is 0. The van der Waals surface area contributed by atoms with Gasteiger partial charge in [0, 0.05) is 31.7 Å². The normalized spacial score (nSPS) is 15.3. The van der Waals surface area contributed by atoms with Crippen LogP contribution in [0.1, 0.15) is 28.1 Å². The molecule has 168 valence electrons. The van der Waals surface area contributed by atoms with Crippen molar-refractivity contribution >= 4 is 15.9 Å². The monoisotopic (exact) mass is 454 g/mol. The number of hydrogen-bond donors (Lipinski definition) is 0. The number of sulfonamides is 1. The molecule has 1 aromatic heterocycles. The first-order valence-electron chi connectivity index (χ1n) is 10.6. The molecule has 0 unspecified atom stereocenters. The smallest absolute Gasteiger partial charge is 0.290 e. The molecule has 0 bridgehead atoms. The van der Waals surface area contributed by atoms with Gasteiger partial charge in [-0.1, -0.05) is 35.9 Å². The molecule has 0 N–H and O–H groups in total. The van der Waals surface area contributed by atoms with Crippen LogP contribution in [0.25, 0.3) is 0 Å². The number of amides is 1. The van der Waals surface area contributed by atoms with Crippen LogP contribution in [0.5, 0.6) is 5.75 Å². The number of rotatable bonds is 6. The topological polar surface area (TPSA) is 80.1 Å². The van der Waals surface area contributed by atoms with E-state index in [9.17, 15) is 13.2 Å². The van der Waals surface area contributed by atoms with E-state index < -0.39 is 10.0 Å². The van der Waals surface area contributed by atoms with Crippen LogP contribution >= 0.6 is 0 Å². The molecule has 1 amide bonds. The lowest BCUT2D eigenvalue weighted by molar-refractivity contribution is 0.0728. The highest BCUT2D eigenvalue weighted by Gasteiger charge is 2.30. The Morgan fingerprint density at radius 3 is 2.47 bits per heavy atom. The Morgan fingerprint density at radius 2 is 1.72 bits per heavy atom. The fraction of sp³-hybridized carbons (Fsp3) is 0.292. The highest BCUT2D eigenvalue weighted by Crippen LogP contribution is 2.21. The van der Waals surface area contributed by atoms with Gasteiger partial charge in [-0.3, -0.25) is 4.79 Å². The van der Waals surface area contributed by atoms with Crippen LogP contribution in [0.4, 0.5) is 0 Å². The quantitative estimate of drug-likeness (QED) is 0.567. The fourth-order valence-electron chi connectivity index (χ4n) is 3.65. The summed E-state index contributed by atoms with van der Waals surface area (Å²) < 4.78 is 38.7. The van der Waals surface area contributed by atoms with E-state index in [4.69, 9.17) is 9.15 Å². The number of benzene rings is 2. The number of carbonyl (C=O) groups excluding carboxylic acids is 1. The third-order valence-electron chi connectivity index (χ3n) is 5.48. The molecule has 0 atom stereocenters. The minimum atomic E-state index is -3.60. The van der Waals surface area contributed by atoms with Gasteiger partial charge >= 0.3 is 0 Å². The van der Waals surface area contributed by atoms with Crippen molar-refractivity contribution in [2.75, 3.05) is 26.2 Å². The highest BCUT2D eigenvalue weighted by atomic mass is 32.2. The van der Waals surface area contributed by atoms with Crippen LogP contribution in [-0.4, -0.2) is 49.7 Å². The van der Waals surface area contributed by atoms with Gasteiger partial charge in [-0.2, -0.15) is 4.31 Å². The Labute approximate surface area is 188 Å². The molecule has 0 saturated carbocycles. The van der Waals surface area contributed by atoms with Crippen molar-refractivity contribution in [3.8, 4) is 5.75 Å². The average Bonchev–Trinajstić information content (AvgIpc) is 3.12. The second-order valence-corrected chi connectivity index (χ2v) is 9.68. The van der Waals surface area contributed by atoms with Crippen molar-refractivity contribution in [1.82, 2.24) is 9.21 Å². The minimum Gasteiger partial charge on any atom is -0.489 e. The summed E-state index contributed by atoms with van der Waals surface area (Å²) in [5.74, 6) is 0.686. The molecule has 1 aliphatic rings. The highest BCUT2D eigenvalue weighted by molar-refractivity contribution is 7.89. The zero-order chi connectivity index (χ0) is 22.6. The van der Waals surface area contributed by atoms with Gasteiger partial charge in [-0.15, -0.1) is 0 Å². The third-order valence-corrected chi connectivity index (χ3v) is 7.39. The number of hydrogen-bond acceptors (Lipinski definition) is 5. The molecular formula is C24H26N2O5S. The van der Waals surface area contributed by atoms with Crippen molar-refractivity contribution in [3.05, 3.63) is 83.8 Å². The largest absolute Gasteiger partial charge is 0.489 e. The molecule has 4 rings (SSSR count). The Bertz CT molecular complexity index is 1160. The molecular weight excluding hydrogens is 428 g/mol. The van der Waals surface area contributed by atoms with Crippen molar-refractivity contribution in [2.45, 2.75) is 24.8 Å². The molecule has 2 aromatic carbocycles. The van der Waals surface area contributed by atoms with Gasteiger partial charge in [0.05, 0.1) is 11.2 Å². The minimum absolute atomic E-state index is 0.212. The number of aryl methyl sites for hydroxylation is 1. The van der Waals surface area contributed by atoms with E-state index in [0.717, 1.165) is 5.56 Å². The van der Waals surface area contributed by atoms with Gasteiger partial charge < -0.3 is 14.1 Å². The molecule has 7 nitrogen and oxygen atoms in total. The van der Waals surface area contributed by atoms with Crippen molar-refractivity contribution in [3.63, 3.8) is 0 Å². The molecule has 1 aliphatic heterocycles. The summed E-state index contributed by atoms with van der Waals surface area (Å²) in [6.45, 7) is 3.48. The standard InChI is InChI=1S/C24H26N2O5S/c1-19-8-10-22(11-9-19)32(28,29)26-14-5-13-25(15-16-26)24(27)23-20(12-17-30-23)18-31-21-6-3-2-4-7-21/h2-4,6-12,17H,5,13-16,18H2,1H3. The van der Waals surface area contributed by atoms with Crippen molar-refractivity contribution in [2.24, 2.45) is 0 Å². The van der Waals surface area contributed by atoms with Gasteiger partial charge in [0.25, 0.3) is 5.91 Å². The number of para-hydroxylation sites is 1. The molecule has 0 radical (unpaired) electrons. The lowest BCUT2D eigenvalue weighted by Gasteiger charge is -2.21. The predicted octanol–water partition coefficient (Wildman–Crippen LogP) is 3.70. The number of furan rings is 1. The average molecular weight is 455 g/mol. The molecule has 0 spiro atoms. The summed E-state index contributed by atoms with van der Waals surface area (Å²) in [5, 5.41) is 0. The van der Waals surface area contributed by atoms with E-state index in [1.165, 1.54) is 10.6 Å². The number of ether oxygens (including phenoxy) is 1. The second kappa shape index (κ2) is 9.58. The zero-order valence-electron chi connectivity index (χ0n) is 17.9. The maximum Gasteiger partial charge on any atom is 0.290 e. The van der Waals surface area contributed by atoms with E-state index in [0.29, 0.717) is 37.4 Å². The van der Waals surface area contributed by atoms with Crippen LogP contribution < -0.4 is 4.74 Å². The Kier molecular flexibility index (Phi) is 6.62. The molecule has 0 aliphatic carbocycles. The molecule has 1 fully saturated rings. The fourth-order valence-corrected chi connectivity index (χ4v) is 5.12. The number of carbonyl (C=O) groups is 1. The summed E-state index contributed by atoms with van der Waals surface area (Å²) in [6.07, 6.45) is 2.02. The van der Waals surface area contributed by atoms with E-state index in [1.54, 1.807) is 35.2 Å². The second-order valence-electron chi connectivity index (χ2n) is 7.74. The van der Waals surface area contributed by atoms with E-state index in [2.05, 4.69) is 0 Å². The van der Waals surface area contributed by atoms with Crippen LogP contribution in [0, 0.1) is 6.92 Å². The molecule has 32 heavy (non-hydrogen) atoms. The number of nitrogens with zero attached hydrogens (tertiary/aromatic N) is 2. The van der Waals surface area contributed by atoms with E-state index in [1.807, 2.05) is 37.3 Å². The first kappa shape index (κ1) is 22.1. The van der Waals surface area contributed by atoms with E-state index >= 15 is 0 Å². The lowest BCUT2D eigenvalue weighted by atomic mass is 10.2. The summed E-state index contributed by atoms with van der Waals surface area (Å²) in [6, 6.07) is 17.9.